The largest absolute Gasteiger partial charge is 0.454 e. The highest BCUT2D eigenvalue weighted by molar-refractivity contribution is 5.78. The summed E-state index contributed by atoms with van der Waals surface area (Å²) in [5.74, 6) is 2.51. The molecule has 23 heavy (non-hydrogen) atoms. The third-order valence-electron chi connectivity index (χ3n) is 3.49. The van der Waals surface area contributed by atoms with Crippen LogP contribution >= 0.6 is 0 Å². The summed E-state index contributed by atoms with van der Waals surface area (Å²) in [7, 11) is 0. The Kier molecular flexibility index (Phi) is 4.50. The van der Waals surface area contributed by atoms with Gasteiger partial charge >= 0.3 is 0 Å². The van der Waals surface area contributed by atoms with Crippen LogP contribution in [0.4, 0.5) is 0 Å². The maximum atomic E-state index is 12.0. The molecule has 0 bridgehead atoms. The van der Waals surface area contributed by atoms with Crippen LogP contribution in [-0.4, -0.2) is 17.9 Å². The van der Waals surface area contributed by atoms with Crippen molar-refractivity contribution in [3.63, 3.8) is 0 Å². The van der Waals surface area contributed by atoms with Crippen LogP contribution in [0.5, 0.6) is 11.5 Å². The fourth-order valence-electron chi connectivity index (χ4n) is 2.44. The van der Waals surface area contributed by atoms with Crippen LogP contribution in [0, 0.1) is 5.92 Å². The fraction of sp³-hybridized carbons (Fsp3) is 0.412. The topological polar surface area (TPSA) is 73.6 Å². The Morgan fingerprint density at radius 1 is 1.26 bits per heavy atom. The second-order valence-corrected chi connectivity index (χ2v) is 6.02. The highest BCUT2D eigenvalue weighted by Crippen LogP contribution is 2.32. The number of benzene rings is 1. The van der Waals surface area contributed by atoms with Gasteiger partial charge in [-0.05, 0) is 30.0 Å². The molecule has 122 valence electrons. The summed E-state index contributed by atoms with van der Waals surface area (Å²) in [6.45, 7) is 4.83. The van der Waals surface area contributed by atoms with E-state index >= 15 is 0 Å². The highest BCUT2D eigenvalue weighted by Gasteiger charge is 2.14. The molecule has 0 spiro atoms. The highest BCUT2D eigenvalue weighted by atomic mass is 16.7. The van der Waals surface area contributed by atoms with E-state index in [1.165, 1.54) is 0 Å². The van der Waals surface area contributed by atoms with Gasteiger partial charge < -0.3 is 19.3 Å². The SMILES string of the molecule is CC(C)Cc1cc(CNC(=O)Cc2ccc3c(c2)OCO3)on1. The van der Waals surface area contributed by atoms with Gasteiger partial charge in [-0.3, -0.25) is 4.79 Å². The van der Waals surface area contributed by atoms with Crippen LogP contribution in [0.2, 0.25) is 0 Å². The summed E-state index contributed by atoms with van der Waals surface area (Å²) in [6, 6.07) is 7.40. The van der Waals surface area contributed by atoms with Crippen molar-refractivity contribution in [2.45, 2.75) is 33.2 Å². The van der Waals surface area contributed by atoms with Crippen molar-refractivity contribution in [3.8, 4) is 11.5 Å². The Morgan fingerprint density at radius 3 is 2.91 bits per heavy atom. The van der Waals surface area contributed by atoms with Crippen molar-refractivity contribution in [2.24, 2.45) is 5.92 Å². The molecule has 6 heteroatoms. The number of carbonyl (C=O) groups excluding carboxylic acids is 1. The first-order valence-electron chi connectivity index (χ1n) is 7.70. The molecule has 1 aliphatic rings. The van der Waals surface area contributed by atoms with Crippen LogP contribution in [0.15, 0.2) is 28.8 Å². The van der Waals surface area contributed by atoms with E-state index in [2.05, 4.69) is 24.3 Å². The van der Waals surface area contributed by atoms with Gasteiger partial charge in [-0.2, -0.15) is 0 Å². The van der Waals surface area contributed by atoms with Gasteiger partial charge in [-0.15, -0.1) is 0 Å². The number of hydrogen-bond acceptors (Lipinski definition) is 5. The van der Waals surface area contributed by atoms with Crippen molar-refractivity contribution in [3.05, 3.63) is 41.3 Å². The third kappa shape index (κ3) is 4.03. The van der Waals surface area contributed by atoms with Gasteiger partial charge in [0, 0.05) is 6.07 Å². The van der Waals surface area contributed by atoms with Gasteiger partial charge in [0.15, 0.2) is 17.3 Å². The van der Waals surface area contributed by atoms with E-state index in [4.69, 9.17) is 14.0 Å². The predicted molar refractivity (Wildman–Crippen MR) is 83.2 cm³/mol. The number of amides is 1. The minimum absolute atomic E-state index is 0.0781. The molecule has 1 N–H and O–H groups in total. The van der Waals surface area contributed by atoms with E-state index in [1.807, 2.05) is 24.3 Å². The first-order chi connectivity index (χ1) is 11.1. The van der Waals surface area contributed by atoms with E-state index in [0.717, 1.165) is 17.7 Å². The van der Waals surface area contributed by atoms with Gasteiger partial charge in [-0.25, -0.2) is 0 Å². The maximum Gasteiger partial charge on any atom is 0.231 e. The smallest absolute Gasteiger partial charge is 0.231 e. The minimum atomic E-state index is -0.0781. The summed E-state index contributed by atoms with van der Waals surface area (Å²) in [4.78, 5) is 12.0. The zero-order chi connectivity index (χ0) is 16.2. The minimum Gasteiger partial charge on any atom is -0.454 e. The Bertz CT molecular complexity index is 694. The van der Waals surface area contributed by atoms with E-state index in [1.54, 1.807) is 0 Å². The number of carbonyl (C=O) groups is 1. The zero-order valence-electron chi connectivity index (χ0n) is 13.3. The predicted octanol–water partition coefficient (Wildman–Crippen LogP) is 2.46. The second kappa shape index (κ2) is 6.73. The van der Waals surface area contributed by atoms with Crippen molar-refractivity contribution >= 4 is 5.91 Å². The zero-order valence-corrected chi connectivity index (χ0v) is 13.3. The van der Waals surface area contributed by atoms with E-state index in [0.29, 0.717) is 29.7 Å². The molecule has 0 saturated heterocycles. The molecule has 2 heterocycles. The normalized spacial score (nSPS) is 12.7. The maximum absolute atomic E-state index is 12.0. The summed E-state index contributed by atoms with van der Waals surface area (Å²) >= 11 is 0. The number of aromatic nitrogens is 1. The number of fused-ring (bicyclic) bond motifs is 1. The standard InChI is InChI=1S/C17H20N2O4/c1-11(2)5-13-8-14(23-19-13)9-18-17(20)7-12-3-4-15-16(6-12)22-10-21-15/h3-4,6,8,11H,5,7,9-10H2,1-2H3,(H,18,20). The molecule has 1 aromatic carbocycles. The summed E-state index contributed by atoms with van der Waals surface area (Å²) in [5.41, 5.74) is 1.80. The molecule has 1 amide bonds. The molecule has 6 nitrogen and oxygen atoms in total. The summed E-state index contributed by atoms with van der Waals surface area (Å²) in [6.07, 6.45) is 1.15. The molecule has 0 unspecified atom stereocenters. The molecule has 0 atom stereocenters. The number of nitrogens with one attached hydrogen (secondary N) is 1. The quantitative estimate of drug-likeness (QED) is 0.886. The molecule has 0 saturated carbocycles. The molecule has 3 rings (SSSR count). The van der Waals surface area contributed by atoms with E-state index in [9.17, 15) is 4.79 Å². The fourth-order valence-corrected chi connectivity index (χ4v) is 2.44. The molecular formula is C17H20N2O4. The molecule has 0 radical (unpaired) electrons. The van der Waals surface area contributed by atoms with Crippen LogP contribution in [-0.2, 0) is 24.2 Å². The lowest BCUT2D eigenvalue weighted by Gasteiger charge is -2.04. The average molecular weight is 316 g/mol. The van der Waals surface area contributed by atoms with E-state index < -0.39 is 0 Å². The Hall–Kier alpha value is -2.50. The summed E-state index contributed by atoms with van der Waals surface area (Å²) < 4.78 is 15.8. The van der Waals surface area contributed by atoms with Crippen LogP contribution in [0.1, 0.15) is 30.9 Å². The van der Waals surface area contributed by atoms with Gasteiger partial charge in [0.25, 0.3) is 0 Å². The first kappa shape index (κ1) is 15.4. The Balaban J connectivity index is 1.50. The monoisotopic (exact) mass is 316 g/mol. The van der Waals surface area contributed by atoms with Crippen molar-refractivity contribution < 1.29 is 18.8 Å². The van der Waals surface area contributed by atoms with Gasteiger partial charge in [0.2, 0.25) is 12.7 Å². The lowest BCUT2D eigenvalue weighted by atomic mass is 10.1. The molecular weight excluding hydrogens is 296 g/mol. The molecule has 1 aliphatic heterocycles. The molecule has 1 aromatic heterocycles. The van der Waals surface area contributed by atoms with Crippen molar-refractivity contribution in [1.82, 2.24) is 10.5 Å². The molecule has 0 aliphatic carbocycles. The third-order valence-corrected chi connectivity index (χ3v) is 3.49. The lowest BCUT2D eigenvalue weighted by molar-refractivity contribution is -0.120. The van der Waals surface area contributed by atoms with Crippen LogP contribution < -0.4 is 14.8 Å². The number of ether oxygens (including phenoxy) is 2. The molecule has 2 aromatic rings. The molecule has 0 fully saturated rings. The number of hydrogen-bond donors (Lipinski definition) is 1. The van der Waals surface area contributed by atoms with E-state index in [-0.39, 0.29) is 19.1 Å². The van der Waals surface area contributed by atoms with Gasteiger partial charge in [-0.1, -0.05) is 25.1 Å². The van der Waals surface area contributed by atoms with Crippen LogP contribution in [0.3, 0.4) is 0 Å². The lowest BCUT2D eigenvalue weighted by Crippen LogP contribution is -2.24. The number of nitrogens with zero attached hydrogens (tertiary/aromatic N) is 1. The van der Waals surface area contributed by atoms with Crippen LogP contribution in [0.25, 0.3) is 0 Å². The van der Waals surface area contributed by atoms with Crippen molar-refractivity contribution in [1.29, 1.82) is 0 Å². The average Bonchev–Trinajstić information content (AvgIpc) is 3.13. The summed E-state index contributed by atoms with van der Waals surface area (Å²) in [5, 5.41) is 6.84. The Labute approximate surface area is 134 Å². The van der Waals surface area contributed by atoms with Crippen molar-refractivity contribution in [2.75, 3.05) is 6.79 Å². The van der Waals surface area contributed by atoms with Gasteiger partial charge in [0.05, 0.1) is 18.7 Å². The van der Waals surface area contributed by atoms with Gasteiger partial charge in [0.1, 0.15) is 0 Å². The second-order valence-electron chi connectivity index (χ2n) is 6.02. The Morgan fingerprint density at radius 2 is 2.09 bits per heavy atom. The number of rotatable bonds is 6. The first-order valence-corrected chi connectivity index (χ1v) is 7.70.